The fraction of sp³-hybridized carbons (Fsp3) is 0.429. The Morgan fingerprint density at radius 2 is 2.55 bits per heavy atom. The van der Waals surface area contributed by atoms with Crippen LogP contribution in [0, 0.1) is 0 Å². The largest absolute Gasteiger partial charge is 0.367 e. The molecule has 60 valence electrons. The Labute approximate surface area is 64.7 Å². The van der Waals surface area contributed by atoms with Crippen LogP contribution in [-0.2, 0) is 9.53 Å². The van der Waals surface area contributed by atoms with E-state index in [0.717, 1.165) is 0 Å². The molecular weight excluding hydrogens is 144 g/mol. The van der Waals surface area contributed by atoms with E-state index in [1.165, 1.54) is 7.11 Å². The first-order valence-corrected chi connectivity index (χ1v) is 3.24. The highest BCUT2D eigenvalue weighted by atomic mass is 16.5. The van der Waals surface area contributed by atoms with Gasteiger partial charge in [0.2, 0.25) is 0 Å². The summed E-state index contributed by atoms with van der Waals surface area (Å²) in [4.78, 5) is 14.8. The first-order valence-electron chi connectivity index (χ1n) is 3.24. The van der Waals surface area contributed by atoms with Crippen LogP contribution in [0.4, 0.5) is 0 Å². The molecule has 0 bridgehead atoms. The summed E-state index contributed by atoms with van der Waals surface area (Å²) in [5.41, 5.74) is 4.10. The number of methoxy groups -OCH3 is 1. The zero-order valence-electron chi connectivity index (χ0n) is 6.28. The molecule has 1 amide bonds. The number of allylic oxidation sites excluding steroid dienone is 1. The summed E-state index contributed by atoms with van der Waals surface area (Å²) in [6, 6.07) is 0. The van der Waals surface area contributed by atoms with Gasteiger partial charge in [-0.2, -0.15) is 0 Å². The Morgan fingerprint density at radius 1 is 1.82 bits per heavy atom. The number of aliphatic imine (C=N–C) groups is 1. The predicted octanol–water partition coefficient (Wildman–Crippen LogP) is -0.502. The number of amides is 1. The average Bonchev–Trinajstić information content (AvgIpc) is 2.05. The lowest BCUT2D eigenvalue weighted by atomic mass is 10.0. The van der Waals surface area contributed by atoms with Gasteiger partial charge in [0.25, 0.3) is 5.91 Å². The fourth-order valence-corrected chi connectivity index (χ4v) is 0.894. The second-order valence-corrected chi connectivity index (χ2v) is 2.31. The molecule has 4 nitrogen and oxygen atoms in total. The number of carbonyl (C=O) groups excluding carboxylic acids is 1. The molecule has 0 fully saturated rings. The van der Waals surface area contributed by atoms with E-state index in [0.29, 0.717) is 0 Å². The molecule has 0 aromatic rings. The third-order valence-electron chi connectivity index (χ3n) is 1.66. The summed E-state index contributed by atoms with van der Waals surface area (Å²) in [5, 5.41) is 0. The van der Waals surface area contributed by atoms with Crippen LogP contribution in [0.5, 0.6) is 0 Å². The van der Waals surface area contributed by atoms with Crippen molar-refractivity contribution in [3.05, 3.63) is 12.2 Å². The number of nitrogens with zero attached hydrogens (tertiary/aromatic N) is 1. The van der Waals surface area contributed by atoms with Gasteiger partial charge in [-0.15, -0.1) is 0 Å². The van der Waals surface area contributed by atoms with Crippen molar-refractivity contribution in [1.29, 1.82) is 0 Å². The van der Waals surface area contributed by atoms with Crippen molar-refractivity contribution in [3.8, 4) is 0 Å². The number of hydrogen-bond donors (Lipinski definition) is 1. The summed E-state index contributed by atoms with van der Waals surface area (Å²) in [6.07, 6.45) is 4.88. The van der Waals surface area contributed by atoms with Gasteiger partial charge in [0.1, 0.15) is 0 Å². The fourth-order valence-electron chi connectivity index (χ4n) is 0.894. The predicted molar refractivity (Wildman–Crippen MR) is 41.4 cm³/mol. The summed E-state index contributed by atoms with van der Waals surface area (Å²) >= 11 is 0. The Bertz CT molecular complexity index is 222. The highest BCUT2D eigenvalue weighted by Gasteiger charge is 2.34. The standard InChI is InChI=1S/C7H10N2O2/c1-11-7(6(8)10)3-2-4-9-5-7/h2-4H,5H2,1H3,(H2,8,10). The maximum atomic E-state index is 10.9. The minimum atomic E-state index is -1.02. The van der Waals surface area contributed by atoms with Gasteiger partial charge in [-0.05, 0) is 12.2 Å². The Hall–Kier alpha value is -1.16. The molecule has 1 aliphatic rings. The van der Waals surface area contributed by atoms with Crippen molar-refractivity contribution < 1.29 is 9.53 Å². The number of nitrogens with two attached hydrogens (primary N) is 1. The molecule has 0 saturated carbocycles. The molecule has 2 N–H and O–H groups in total. The maximum Gasteiger partial charge on any atom is 0.255 e. The first kappa shape index (κ1) is 7.94. The zero-order chi connectivity index (χ0) is 8.32. The van der Waals surface area contributed by atoms with E-state index in [1.807, 2.05) is 0 Å². The smallest absolute Gasteiger partial charge is 0.255 e. The molecule has 0 saturated heterocycles. The summed E-state index contributed by atoms with van der Waals surface area (Å²) < 4.78 is 4.97. The number of hydrogen-bond acceptors (Lipinski definition) is 3. The lowest BCUT2D eigenvalue weighted by molar-refractivity contribution is -0.133. The van der Waals surface area contributed by atoms with Crippen LogP contribution in [0.2, 0.25) is 0 Å². The van der Waals surface area contributed by atoms with Crippen molar-refractivity contribution in [2.24, 2.45) is 10.7 Å². The van der Waals surface area contributed by atoms with Gasteiger partial charge < -0.3 is 10.5 Å². The molecule has 1 unspecified atom stereocenters. The van der Waals surface area contributed by atoms with Gasteiger partial charge in [0.15, 0.2) is 5.60 Å². The van der Waals surface area contributed by atoms with Crippen molar-refractivity contribution in [2.45, 2.75) is 5.60 Å². The average molecular weight is 154 g/mol. The van der Waals surface area contributed by atoms with Crippen LogP contribution in [0.15, 0.2) is 17.1 Å². The molecule has 1 rings (SSSR count). The lowest BCUT2D eigenvalue weighted by Crippen LogP contribution is -2.47. The van der Waals surface area contributed by atoms with Crippen LogP contribution in [0.3, 0.4) is 0 Å². The highest BCUT2D eigenvalue weighted by Crippen LogP contribution is 2.14. The minimum absolute atomic E-state index is 0.273. The number of ether oxygens (including phenoxy) is 1. The summed E-state index contributed by atoms with van der Waals surface area (Å²) in [6.45, 7) is 0.273. The van der Waals surface area contributed by atoms with E-state index in [2.05, 4.69) is 4.99 Å². The molecule has 4 heteroatoms. The van der Waals surface area contributed by atoms with Crippen LogP contribution in [-0.4, -0.2) is 31.4 Å². The monoisotopic (exact) mass is 154 g/mol. The third kappa shape index (κ3) is 1.30. The molecule has 0 aromatic heterocycles. The SMILES string of the molecule is COC1(C(N)=O)C=CC=NC1. The number of rotatable bonds is 2. The second kappa shape index (κ2) is 2.84. The van der Waals surface area contributed by atoms with Crippen LogP contribution >= 0.6 is 0 Å². The molecule has 0 aliphatic carbocycles. The van der Waals surface area contributed by atoms with Crippen molar-refractivity contribution >= 4 is 12.1 Å². The second-order valence-electron chi connectivity index (χ2n) is 2.31. The van der Waals surface area contributed by atoms with E-state index < -0.39 is 11.5 Å². The van der Waals surface area contributed by atoms with E-state index in [-0.39, 0.29) is 6.54 Å². The van der Waals surface area contributed by atoms with Gasteiger partial charge in [-0.1, -0.05) is 0 Å². The molecular formula is C7H10N2O2. The van der Waals surface area contributed by atoms with E-state index in [4.69, 9.17) is 10.5 Å². The number of primary amides is 1. The number of dihydropyridines is 1. The van der Waals surface area contributed by atoms with Gasteiger partial charge in [-0.3, -0.25) is 9.79 Å². The van der Waals surface area contributed by atoms with E-state index in [9.17, 15) is 4.79 Å². The lowest BCUT2D eigenvalue weighted by Gasteiger charge is -2.24. The summed E-state index contributed by atoms with van der Waals surface area (Å²) in [5.74, 6) is -0.506. The Morgan fingerprint density at radius 3 is 2.82 bits per heavy atom. The quantitative estimate of drug-likeness (QED) is 0.582. The van der Waals surface area contributed by atoms with Crippen molar-refractivity contribution in [1.82, 2.24) is 0 Å². The zero-order valence-corrected chi connectivity index (χ0v) is 6.28. The molecule has 0 spiro atoms. The Kier molecular flexibility index (Phi) is 2.05. The molecule has 11 heavy (non-hydrogen) atoms. The van der Waals surface area contributed by atoms with Gasteiger partial charge in [-0.25, -0.2) is 0 Å². The van der Waals surface area contributed by atoms with Crippen LogP contribution in [0.1, 0.15) is 0 Å². The third-order valence-corrected chi connectivity index (χ3v) is 1.66. The van der Waals surface area contributed by atoms with Crippen molar-refractivity contribution in [2.75, 3.05) is 13.7 Å². The topological polar surface area (TPSA) is 64.7 Å². The van der Waals surface area contributed by atoms with E-state index >= 15 is 0 Å². The molecule has 1 heterocycles. The molecule has 1 atom stereocenters. The van der Waals surface area contributed by atoms with Gasteiger partial charge in [0.05, 0.1) is 6.54 Å². The summed E-state index contributed by atoms with van der Waals surface area (Å²) in [7, 11) is 1.44. The Balaban J connectivity index is 2.85. The van der Waals surface area contributed by atoms with Gasteiger partial charge in [0, 0.05) is 13.3 Å². The first-order chi connectivity index (χ1) is 5.21. The van der Waals surface area contributed by atoms with Crippen LogP contribution < -0.4 is 5.73 Å². The van der Waals surface area contributed by atoms with Gasteiger partial charge >= 0.3 is 0 Å². The van der Waals surface area contributed by atoms with Crippen LogP contribution in [0.25, 0.3) is 0 Å². The molecule has 0 radical (unpaired) electrons. The maximum absolute atomic E-state index is 10.9. The molecule has 0 aromatic carbocycles. The normalized spacial score (nSPS) is 28.8. The highest BCUT2D eigenvalue weighted by molar-refractivity contribution is 5.89. The minimum Gasteiger partial charge on any atom is -0.367 e. The van der Waals surface area contributed by atoms with E-state index in [1.54, 1.807) is 18.4 Å². The number of carbonyl (C=O) groups is 1. The van der Waals surface area contributed by atoms with Crippen molar-refractivity contribution in [3.63, 3.8) is 0 Å². The molecule has 1 aliphatic heterocycles.